The van der Waals surface area contributed by atoms with Crippen molar-refractivity contribution in [3.63, 3.8) is 0 Å². The summed E-state index contributed by atoms with van der Waals surface area (Å²) in [6.07, 6.45) is 4.31. The Hall–Kier alpha value is -2.48. The highest BCUT2D eigenvalue weighted by atomic mass is 32.2. The minimum absolute atomic E-state index is 0.0791. The SMILES string of the molecule is CC[C@H]1CCCCN1C(=O)CSc1nc2c3cc(OC)ccc3n(C)c2c(=O)n1CC. The minimum Gasteiger partial charge on any atom is -0.497 e. The van der Waals surface area contributed by atoms with Gasteiger partial charge in [-0.25, -0.2) is 4.98 Å². The van der Waals surface area contributed by atoms with Crippen molar-refractivity contribution in [2.45, 2.75) is 57.3 Å². The van der Waals surface area contributed by atoms with Crippen molar-refractivity contribution in [1.82, 2.24) is 19.0 Å². The molecule has 3 heterocycles. The number of likely N-dealkylation sites (tertiary alicyclic amines) is 1. The van der Waals surface area contributed by atoms with Crippen LogP contribution in [0.4, 0.5) is 0 Å². The Morgan fingerprint density at radius 3 is 2.81 bits per heavy atom. The van der Waals surface area contributed by atoms with Crippen LogP contribution in [0.25, 0.3) is 21.9 Å². The van der Waals surface area contributed by atoms with E-state index < -0.39 is 0 Å². The van der Waals surface area contributed by atoms with Gasteiger partial charge >= 0.3 is 0 Å². The van der Waals surface area contributed by atoms with Gasteiger partial charge in [-0.15, -0.1) is 0 Å². The van der Waals surface area contributed by atoms with Gasteiger partial charge in [0, 0.05) is 31.6 Å². The Morgan fingerprint density at radius 2 is 2.10 bits per heavy atom. The van der Waals surface area contributed by atoms with E-state index in [2.05, 4.69) is 6.92 Å². The van der Waals surface area contributed by atoms with Crippen molar-refractivity contribution in [3.8, 4) is 5.75 Å². The van der Waals surface area contributed by atoms with E-state index in [1.807, 2.05) is 41.6 Å². The van der Waals surface area contributed by atoms with Crippen molar-refractivity contribution >= 4 is 39.6 Å². The van der Waals surface area contributed by atoms with E-state index in [1.54, 1.807) is 11.7 Å². The average Bonchev–Trinajstić information content (AvgIpc) is 3.08. The van der Waals surface area contributed by atoms with E-state index in [-0.39, 0.29) is 11.5 Å². The van der Waals surface area contributed by atoms with E-state index in [4.69, 9.17) is 9.72 Å². The monoisotopic (exact) mass is 442 g/mol. The van der Waals surface area contributed by atoms with E-state index >= 15 is 0 Å². The van der Waals surface area contributed by atoms with Crippen LogP contribution in [-0.2, 0) is 18.4 Å². The predicted octanol–water partition coefficient (Wildman–Crippen LogP) is 3.80. The molecular formula is C23H30N4O3S. The first-order valence-corrected chi connectivity index (χ1v) is 12.0. The van der Waals surface area contributed by atoms with Gasteiger partial charge in [0.1, 0.15) is 16.8 Å². The number of hydrogen-bond acceptors (Lipinski definition) is 5. The zero-order valence-corrected chi connectivity index (χ0v) is 19.5. The number of thioether (sulfide) groups is 1. The molecule has 8 heteroatoms. The molecule has 0 saturated carbocycles. The summed E-state index contributed by atoms with van der Waals surface area (Å²) >= 11 is 1.36. The fraction of sp³-hybridized carbons (Fsp3) is 0.522. The normalized spacial score (nSPS) is 16.9. The van der Waals surface area contributed by atoms with Crippen molar-refractivity contribution in [2.75, 3.05) is 19.4 Å². The molecule has 1 aromatic carbocycles. The van der Waals surface area contributed by atoms with Gasteiger partial charge in [-0.3, -0.25) is 14.2 Å². The zero-order chi connectivity index (χ0) is 22.1. The van der Waals surface area contributed by atoms with Gasteiger partial charge in [0.2, 0.25) is 5.91 Å². The number of ether oxygens (including phenoxy) is 1. The molecule has 0 unspecified atom stereocenters. The molecular weight excluding hydrogens is 412 g/mol. The van der Waals surface area contributed by atoms with Crippen LogP contribution in [0, 0.1) is 0 Å². The molecule has 1 amide bonds. The van der Waals surface area contributed by atoms with E-state index in [1.165, 1.54) is 18.2 Å². The summed E-state index contributed by atoms with van der Waals surface area (Å²) in [5, 5.41) is 1.47. The molecule has 0 bridgehead atoms. The van der Waals surface area contributed by atoms with Crippen LogP contribution in [0.2, 0.25) is 0 Å². The maximum Gasteiger partial charge on any atom is 0.278 e. The van der Waals surface area contributed by atoms with Crippen LogP contribution in [0.5, 0.6) is 5.75 Å². The standard InChI is InChI=1S/C23H30N4O3S/c1-5-15-9-7-8-12-27(15)19(28)14-31-23-24-20-17-13-16(30-4)10-11-18(17)25(3)21(20)22(29)26(23)6-2/h10-11,13,15H,5-9,12,14H2,1-4H3/t15-/m0/s1. The number of aryl methyl sites for hydroxylation is 1. The van der Waals surface area contributed by atoms with Crippen LogP contribution >= 0.6 is 11.8 Å². The summed E-state index contributed by atoms with van der Waals surface area (Å²) in [7, 11) is 3.51. The Morgan fingerprint density at radius 1 is 1.29 bits per heavy atom. The number of carbonyl (C=O) groups excluding carboxylic acids is 1. The minimum atomic E-state index is -0.0791. The van der Waals surface area contributed by atoms with E-state index in [0.717, 1.165) is 42.5 Å². The van der Waals surface area contributed by atoms with Crippen molar-refractivity contribution in [3.05, 3.63) is 28.6 Å². The molecule has 0 radical (unpaired) electrons. The summed E-state index contributed by atoms with van der Waals surface area (Å²) in [5.74, 6) is 1.15. The molecule has 31 heavy (non-hydrogen) atoms. The Kier molecular flexibility index (Phi) is 6.27. The number of nitrogens with zero attached hydrogens (tertiary/aromatic N) is 4. The predicted molar refractivity (Wildman–Crippen MR) is 125 cm³/mol. The summed E-state index contributed by atoms with van der Waals surface area (Å²) in [6.45, 7) is 5.41. The van der Waals surface area contributed by atoms with Crippen LogP contribution in [0.3, 0.4) is 0 Å². The maximum absolute atomic E-state index is 13.3. The number of rotatable bonds is 6. The lowest BCUT2D eigenvalue weighted by molar-refractivity contribution is -0.132. The lowest BCUT2D eigenvalue weighted by Crippen LogP contribution is -2.44. The molecule has 1 atom stereocenters. The van der Waals surface area contributed by atoms with E-state index in [0.29, 0.717) is 34.5 Å². The van der Waals surface area contributed by atoms with Gasteiger partial charge in [-0.2, -0.15) is 0 Å². The van der Waals surface area contributed by atoms with Gasteiger partial charge in [-0.05, 0) is 50.8 Å². The first-order chi connectivity index (χ1) is 15.0. The van der Waals surface area contributed by atoms with Gasteiger partial charge in [0.05, 0.1) is 18.4 Å². The van der Waals surface area contributed by atoms with Crippen molar-refractivity contribution < 1.29 is 9.53 Å². The van der Waals surface area contributed by atoms with Crippen LogP contribution in [0.15, 0.2) is 28.2 Å². The number of carbonyl (C=O) groups is 1. The molecule has 0 aliphatic carbocycles. The maximum atomic E-state index is 13.3. The summed E-state index contributed by atoms with van der Waals surface area (Å²) in [4.78, 5) is 33.2. The zero-order valence-electron chi connectivity index (χ0n) is 18.7. The number of benzene rings is 1. The van der Waals surface area contributed by atoms with Crippen molar-refractivity contribution in [1.29, 1.82) is 0 Å². The molecule has 3 aromatic rings. The highest BCUT2D eigenvalue weighted by Crippen LogP contribution is 2.30. The third-order valence-electron chi connectivity index (χ3n) is 6.33. The topological polar surface area (TPSA) is 69.4 Å². The molecule has 0 N–H and O–H groups in total. The highest BCUT2D eigenvalue weighted by molar-refractivity contribution is 7.99. The van der Waals surface area contributed by atoms with Gasteiger partial charge in [-0.1, -0.05) is 18.7 Å². The lowest BCUT2D eigenvalue weighted by atomic mass is 10.0. The van der Waals surface area contributed by atoms with Crippen LogP contribution in [0.1, 0.15) is 39.5 Å². The lowest BCUT2D eigenvalue weighted by Gasteiger charge is -2.35. The summed E-state index contributed by atoms with van der Waals surface area (Å²) < 4.78 is 8.94. The fourth-order valence-electron chi connectivity index (χ4n) is 4.61. The molecule has 1 aliphatic heterocycles. The Labute approximate surface area is 186 Å². The largest absolute Gasteiger partial charge is 0.497 e. The molecule has 7 nitrogen and oxygen atoms in total. The number of amides is 1. The second-order valence-corrected chi connectivity index (χ2v) is 8.96. The molecule has 4 rings (SSSR count). The van der Waals surface area contributed by atoms with Gasteiger partial charge in [0.15, 0.2) is 5.16 Å². The second-order valence-electron chi connectivity index (χ2n) is 8.02. The first kappa shape index (κ1) is 21.7. The fourth-order valence-corrected chi connectivity index (χ4v) is 5.55. The third kappa shape index (κ3) is 3.82. The smallest absolute Gasteiger partial charge is 0.278 e. The number of fused-ring (bicyclic) bond motifs is 3. The molecule has 1 fully saturated rings. The quantitative estimate of drug-likeness (QED) is 0.429. The molecule has 166 valence electrons. The number of methoxy groups -OCH3 is 1. The van der Waals surface area contributed by atoms with Crippen LogP contribution in [-0.4, -0.2) is 50.4 Å². The molecule has 0 spiro atoms. The number of aromatic nitrogens is 3. The van der Waals surface area contributed by atoms with E-state index in [9.17, 15) is 9.59 Å². The number of hydrogen-bond donors (Lipinski definition) is 0. The summed E-state index contributed by atoms with van der Waals surface area (Å²) in [6, 6.07) is 6.08. The highest BCUT2D eigenvalue weighted by Gasteiger charge is 2.26. The Balaban J connectivity index is 1.72. The summed E-state index contributed by atoms with van der Waals surface area (Å²) in [5.41, 5.74) is 2.08. The molecule has 1 saturated heterocycles. The Bertz CT molecular complexity index is 1180. The molecule has 2 aromatic heterocycles. The molecule has 1 aliphatic rings. The van der Waals surface area contributed by atoms with Gasteiger partial charge < -0.3 is 14.2 Å². The second kappa shape index (κ2) is 8.94. The van der Waals surface area contributed by atoms with Crippen molar-refractivity contribution in [2.24, 2.45) is 7.05 Å². The average molecular weight is 443 g/mol. The van der Waals surface area contributed by atoms with Crippen LogP contribution < -0.4 is 10.3 Å². The first-order valence-electron chi connectivity index (χ1n) is 11.0. The third-order valence-corrected chi connectivity index (χ3v) is 7.29. The van der Waals surface area contributed by atoms with Gasteiger partial charge in [0.25, 0.3) is 5.56 Å². The number of piperidine rings is 1.